The Morgan fingerprint density at radius 2 is 1.83 bits per heavy atom. The fourth-order valence-corrected chi connectivity index (χ4v) is 3.51. The molecule has 1 aliphatic heterocycles. The van der Waals surface area contributed by atoms with Gasteiger partial charge in [-0.25, -0.2) is 4.79 Å². The molecule has 1 aliphatic rings. The van der Waals surface area contributed by atoms with Gasteiger partial charge in [0.15, 0.2) is 0 Å². The van der Waals surface area contributed by atoms with Crippen LogP contribution in [0.5, 0.6) is 0 Å². The molecule has 4 atom stereocenters. The average Bonchev–Trinajstić information content (AvgIpc) is 2.96. The van der Waals surface area contributed by atoms with Gasteiger partial charge in [-0.05, 0) is 44.6 Å². The van der Waals surface area contributed by atoms with Crippen molar-refractivity contribution < 1.29 is 24.3 Å². The number of rotatable bonds is 8. The van der Waals surface area contributed by atoms with Crippen LogP contribution in [0.1, 0.15) is 47.5 Å². The number of nitrogens with zero attached hydrogens (tertiary/aromatic N) is 1. The molecule has 0 radical (unpaired) electrons. The monoisotopic (exact) mass is 413 g/mol. The van der Waals surface area contributed by atoms with Gasteiger partial charge in [0, 0.05) is 12.6 Å². The van der Waals surface area contributed by atoms with Crippen LogP contribution in [-0.4, -0.2) is 71.6 Å². The zero-order valence-electron chi connectivity index (χ0n) is 17.9. The van der Waals surface area contributed by atoms with Crippen molar-refractivity contribution in [3.63, 3.8) is 0 Å². The largest absolute Gasteiger partial charge is 0.465 e. The summed E-state index contributed by atoms with van der Waals surface area (Å²) in [5.74, 6) is -0.939. The second-order valence-electron chi connectivity index (χ2n) is 8.65. The third kappa shape index (κ3) is 7.19. The molecule has 2 unspecified atom stereocenters. The molecule has 0 aromatic rings. The van der Waals surface area contributed by atoms with Crippen LogP contribution in [0, 0.1) is 11.3 Å². The van der Waals surface area contributed by atoms with Crippen LogP contribution in [0.2, 0.25) is 0 Å². The fourth-order valence-electron chi connectivity index (χ4n) is 3.51. The molecule has 0 aromatic carbocycles. The molecule has 0 aliphatic carbocycles. The van der Waals surface area contributed by atoms with Crippen LogP contribution >= 0.6 is 0 Å². The zero-order chi connectivity index (χ0) is 22.4. The molecule has 0 bridgehead atoms. The van der Waals surface area contributed by atoms with Gasteiger partial charge in [-0.2, -0.15) is 0 Å². The summed E-state index contributed by atoms with van der Waals surface area (Å²) in [5.41, 5.74) is 5.13. The second kappa shape index (κ2) is 10.4. The molecule has 1 saturated heterocycles. The van der Waals surface area contributed by atoms with E-state index in [4.69, 9.17) is 10.8 Å². The molecule has 1 rings (SSSR count). The quantitative estimate of drug-likeness (QED) is 0.374. The van der Waals surface area contributed by atoms with E-state index in [0.29, 0.717) is 19.0 Å². The van der Waals surface area contributed by atoms with Gasteiger partial charge in [-0.1, -0.05) is 20.8 Å². The zero-order valence-corrected chi connectivity index (χ0v) is 17.9. The molecule has 1 heterocycles. The lowest BCUT2D eigenvalue weighted by molar-refractivity contribution is -0.140. The Kier molecular flexibility index (Phi) is 8.87. The summed E-state index contributed by atoms with van der Waals surface area (Å²) in [6.07, 6.45) is 0.411. The number of hydrogen-bond donors (Lipinski definition) is 5. The Morgan fingerprint density at radius 1 is 1.21 bits per heavy atom. The highest BCUT2D eigenvalue weighted by Crippen LogP contribution is 2.30. The van der Waals surface area contributed by atoms with Gasteiger partial charge in [0.2, 0.25) is 17.7 Å². The van der Waals surface area contributed by atoms with Crippen molar-refractivity contribution >= 4 is 23.8 Å². The number of nitrogens with one attached hydrogen (secondary N) is 3. The first-order chi connectivity index (χ1) is 13.4. The van der Waals surface area contributed by atoms with Gasteiger partial charge in [-0.3, -0.25) is 14.4 Å². The molecule has 10 nitrogen and oxygen atoms in total. The molecule has 4 amide bonds. The van der Waals surface area contributed by atoms with E-state index in [1.54, 1.807) is 4.90 Å². The first kappa shape index (κ1) is 24.7. The number of carboxylic acid groups (broad SMARTS) is 1. The Labute approximate surface area is 171 Å². The molecule has 0 aromatic heterocycles. The summed E-state index contributed by atoms with van der Waals surface area (Å²) in [6.45, 7) is 9.82. The summed E-state index contributed by atoms with van der Waals surface area (Å²) < 4.78 is 0. The van der Waals surface area contributed by atoms with Crippen molar-refractivity contribution in [2.45, 2.75) is 65.6 Å². The number of carbonyl (C=O) groups is 4. The van der Waals surface area contributed by atoms with E-state index in [-0.39, 0.29) is 18.5 Å². The highest BCUT2D eigenvalue weighted by molar-refractivity contribution is 5.92. The number of likely N-dealkylation sites (tertiary alicyclic amines) is 1. The average molecular weight is 414 g/mol. The molecular formula is C19H35N5O5. The first-order valence-electron chi connectivity index (χ1n) is 9.95. The molecule has 0 saturated carbocycles. The molecule has 10 heteroatoms. The van der Waals surface area contributed by atoms with Crippen LogP contribution in [0.25, 0.3) is 0 Å². The Hall–Kier alpha value is -2.36. The predicted molar refractivity (Wildman–Crippen MR) is 108 cm³/mol. The van der Waals surface area contributed by atoms with Crippen molar-refractivity contribution in [2.75, 3.05) is 19.6 Å². The number of hydrogen-bond acceptors (Lipinski definition) is 5. The van der Waals surface area contributed by atoms with E-state index >= 15 is 0 Å². The highest BCUT2D eigenvalue weighted by Gasteiger charge is 2.41. The Balaban J connectivity index is 2.72. The minimum Gasteiger partial charge on any atom is -0.465 e. The third-order valence-electron chi connectivity index (χ3n) is 5.31. The smallest absolute Gasteiger partial charge is 0.405 e. The van der Waals surface area contributed by atoms with Gasteiger partial charge in [-0.15, -0.1) is 0 Å². The molecule has 1 fully saturated rings. The van der Waals surface area contributed by atoms with E-state index in [1.807, 2.05) is 33.0 Å². The van der Waals surface area contributed by atoms with Crippen molar-refractivity contribution in [1.82, 2.24) is 20.9 Å². The number of carbonyl (C=O) groups excluding carboxylic acids is 3. The van der Waals surface area contributed by atoms with Crippen molar-refractivity contribution in [1.29, 1.82) is 0 Å². The summed E-state index contributed by atoms with van der Waals surface area (Å²) >= 11 is 0. The molecular weight excluding hydrogens is 378 g/mol. The number of nitrogens with two attached hydrogens (primary N) is 1. The SMILES string of the molecule is CC1[C@@H](CCN)CCN1C(=O)C(NC(=O)CNC(=O)[C@@H](C)NC(=O)O)C(C)(C)C. The topological polar surface area (TPSA) is 154 Å². The van der Waals surface area contributed by atoms with E-state index in [1.165, 1.54) is 6.92 Å². The van der Waals surface area contributed by atoms with E-state index in [2.05, 4.69) is 10.6 Å². The fraction of sp³-hybridized carbons (Fsp3) is 0.789. The molecule has 166 valence electrons. The third-order valence-corrected chi connectivity index (χ3v) is 5.31. The lowest BCUT2D eigenvalue weighted by Gasteiger charge is -2.35. The van der Waals surface area contributed by atoms with Crippen molar-refractivity contribution in [3.05, 3.63) is 0 Å². The maximum absolute atomic E-state index is 13.2. The Bertz CT molecular complexity index is 619. The second-order valence-corrected chi connectivity index (χ2v) is 8.65. The van der Waals surface area contributed by atoms with Crippen LogP contribution in [0.3, 0.4) is 0 Å². The minimum absolute atomic E-state index is 0.0513. The summed E-state index contributed by atoms with van der Waals surface area (Å²) in [5, 5.41) is 15.7. The van der Waals surface area contributed by atoms with Gasteiger partial charge < -0.3 is 31.7 Å². The number of amides is 4. The minimum atomic E-state index is -1.33. The van der Waals surface area contributed by atoms with Crippen LogP contribution in [0.15, 0.2) is 0 Å². The normalized spacial score (nSPS) is 21.2. The van der Waals surface area contributed by atoms with Crippen LogP contribution in [-0.2, 0) is 14.4 Å². The lowest BCUT2D eigenvalue weighted by Crippen LogP contribution is -2.57. The van der Waals surface area contributed by atoms with Gasteiger partial charge in [0.05, 0.1) is 6.54 Å². The van der Waals surface area contributed by atoms with Gasteiger partial charge in [0.25, 0.3) is 0 Å². The highest BCUT2D eigenvalue weighted by atomic mass is 16.4. The molecule has 6 N–H and O–H groups in total. The maximum atomic E-state index is 13.2. The van der Waals surface area contributed by atoms with E-state index < -0.39 is 35.4 Å². The summed E-state index contributed by atoms with van der Waals surface area (Å²) in [6, 6.07) is -1.69. The molecule has 0 spiro atoms. The van der Waals surface area contributed by atoms with Crippen molar-refractivity contribution in [3.8, 4) is 0 Å². The lowest BCUT2D eigenvalue weighted by atomic mass is 9.85. The summed E-state index contributed by atoms with van der Waals surface area (Å²) in [7, 11) is 0. The first-order valence-corrected chi connectivity index (χ1v) is 9.95. The van der Waals surface area contributed by atoms with E-state index in [0.717, 1.165) is 12.8 Å². The Morgan fingerprint density at radius 3 is 2.34 bits per heavy atom. The van der Waals surface area contributed by atoms with Gasteiger partial charge >= 0.3 is 6.09 Å². The molecule has 29 heavy (non-hydrogen) atoms. The summed E-state index contributed by atoms with van der Waals surface area (Å²) in [4.78, 5) is 49.8. The van der Waals surface area contributed by atoms with E-state index in [9.17, 15) is 19.2 Å². The maximum Gasteiger partial charge on any atom is 0.405 e. The van der Waals surface area contributed by atoms with Crippen LogP contribution in [0.4, 0.5) is 4.79 Å². The standard InChI is InChI=1S/C19H35N5O5/c1-11(22-18(28)29)16(26)21-10-14(25)23-15(19(3,4)5)17(27)24-9-7-13(6-8-20)12(24)2/h11-13,15,22H,6-10,20H2,1-5H3,(H,21,26)(H,23,25)(H,28,29)/t11-,12?,13+,15?/m1/s1. The van der Waals surface area contributed by atoms with Gasteiger partial charge in [0.1, 0.15) is 12.1 Å². The predicted octanol–water partition coefficient (Wildman–Crippen LogP) is -0.125. The van der Waals surface area contributed by atoms with Crippen LogP contribution < -0.4 is 21.7 Å². The van der Waals surface area contributed by atoms with Crippen molar-refractivity contribution in [2.24, 2.45) is 17.1 Å².